The summed E-state index contributed by atoms with van der Waals surface area (Å²) in [6.07, 6.45) is 0. The Balaban J connectivity index is 2.09. The van der Waals surface area contributed by atoms with E-state index in [-0.39, 0.29) is 0 Å². The molecule has 0 aromatic heterocycles. The molecule has 0 aliphatic rings. The van der Waals surface area contributed by atoms with Gasteiger partial charge >= 0.3 is 0 Å². The van der Waals surface area contributed by atoms with Crippen molar-refractivity contribution in [3.63, 3.8) is 0 Å². The zero-order chi connectivity index (χ0) is 14.7. The molecule has 0 spiro atoms. The number of aryl methyl sites for hydroxylation is 2. The summed E-state index contributed by atoms with van der Waals surface area (Å²) in [5.41, 5.74) is 4.15. The fraction of sp³-hybridized carbons (Fsp3) is 0.333. The lowest BCUT2D eigenvalue weighted by atomic mass is 10.0. The second kappa shape index (κ2) is 6.00. The van der Waals surface area contributed by atoms with E-state index < -0.39 is 0 Å². The maximum absolute atomic E-state index is 10.0. The summed E-state index contributed by atoms with van der Waals surface area (Å²) in [4.78, 5) is 0. The summed E-state index contributed by atoms with van der Waals surface area (Å²) >= 11 is 0. The van der Waals surface area contributed by atoms with E-state index in [4.69, 9.17) is 4.74 Å². The lowest BCUT2D eigenvalue weighted by Gasteiger charge is -2.12. The van der Waals surface area contributed by atoms with Gasteiger partial charge in [-0.05, 0) is 49.1 Å². The zero-order valence-electron chi connectivity index (χ0n) is 12.6. The molecule has 2 aromatic rings. The molecule has 2 nitrogen and oxygen atoms in total. The minimum Gasteiger partial charge on any atom is -0.507 e. The average molecular weight is 270 g/mol. The van der Waals surface area contributed by atoms with Gasteiger partial charge in [0.25, 0.3) is 0 Å². The lowest BCUT2D eigenvalue weighted by Crippen LogP contribution is -1.98. The highest BCUT2D eigenvalue weighted by atomic mass is 16.5. The van der Waals surface area contributed by atoms with Crippen LogP contribution in [-0.4, -0.2) is 5.11 Å². The van der Waals surface area contributed by atoms with Crippen molar-refractivity contribution in [2.45, 2.75) is 40.2 Å². The molecule has 0 atom stereocenters. The van der Waals surface area contributed by atoms with Crippen molar-refractivity contribution in [3.8, 4) is 11.5 Å². The molecular formula is C18H22O2. The molecular weight excluding hydrogens is 248 g/mol. The number of rotatable bonds is 4. The zero-order valence-corrected chi connectivity index (χ0v) is 12.6. The predicted octanol–water partition coefficient (Wildman–Crippen LogP) is 4.71. The van der Waals surface area contributed by atoms with Crippen molar-refractivity contribution < 1.29 is 9.84 Å². The smallest absolute Gasteiger partial charge is 0.125 e. The molecule has 106 valence electrons. The maximum atomic E-state index is 10.0. The van der Waals surface area contributed by atoms with Gasteiger partial charge < -0.3 is 9.84 Å². The van der Waals surface area contributed by atoms with Crippen LogP contribution in [0.25, 0.3) is 0 Å². The van der Waals surface area contributed by atoms with Crippen molar-refractivity contribution in [1.82, 2.24) is 0 Å². The Hall–Kier alpha value is -1.96. The summed E-state index contributed by atoms with van der Waals surface area (Å²) < 4.78 is 5.76. The largest absolute Gasteiger partial charge is 0.507 e. The molecule has 0 fully saturated rings. The number of phenolic OH excluding ortho intramolecular Hbond substituents is 1. The molecule has 0 saturated heterocycles. The third kappa shape index (κ3) is 3.32. The molecule has 0 unspecified atom stereocenters. The number of ether oxygens (including phenoxy) is 1. The number of aromatic hydroxyl groups is 1. The first kappa shape index (κ1) is 14.4. The Labute approximate surface area is 121 Å². The quantitative estimate of drug-likeness (QED) is 0.871. The topological polar surface area (TPSA) is 29.5 Å². The highest BCUT2D eigenvalue weighted by Crippen LogP contribution is 2.25. The van der Waals surface area contributed by atoms with E-state index in [9.17, 15) is 5.11 Å². The van der Waals surface area contributed by atoms with E-state index in [1.807, 2.05) is 38.1 Å². The molecule has 20 heavy (non-hydrogen) atoms. The first-order chi connectivity index (χ1) is 9.47. The van der Waals surface area contributed by atoms with Crippen molar-refractivity contribution in [3.05, 3.63) is 58.7 Å². The summed E-state index contributed by atoms with van der Waals surface area (Å²) in [5, 5.41) is 10.0. The van der Waals surface area contributed by atoms with Crippen LogP contribution in [-0.2, 0) is 6.61 Å². The van der Waals surface area contributed by atoms with E-state index in [0.29, 0.717) is 18.3 Å². The fourth-order valence-electron chi connectivity index (χ4n) is 2.27. The van der Waals surface area contributed by atoms with Gasteiger partial charge in [-0.15, -0.1) is 0 Å². The Morgan fingerprint density at radius 1 is 1.05 bits per heavy atom. The van der Waals surface area contributed by atoms with E-state index in [1.165, 1.54) is 5.56 Å². The Morgan fingerprint density at radius 3 is 2.30 bits per heavy atom. The minimum absolute atomic E-state index is 0.328. The molecule has 2 aromatic carbocycles. The molecule has 0 aliphatic heterocycles. The standard InChI is InChI=1S/C18H22O2/c1-12(2)15-5-7-17(8-6-15)20-11-16-10-13(3)9-14(4)18(16)19/h5-10,12,19H,11H2,1-4H3. The third-order valence-electron chi connectivity index (χ3n) is 3.46. The number of hydrogen-bond donors (Lipinski definition) is 1. The minimum atomic E-state index is 0.328. The number of hydrogen-bond acceptors (Lipinski definition) is 2. The molecule has 0 bridgehead atoms. The van der Waals surface area contributed by atoms with E-state index in [0.717, 1.165) is 22.4 Å². The second-order valence-electron chi connectivity index (χ2n) is 5.60. The SMILES string of the molecule is Cc1cc(C)c(O)c(COc2ccc(C(C)C)cc2)c1. The van der Waals surface area contributed by atoms with Gasteiger partial charge in [0.1, 0.15) is 18.1 Å². The van der Waals surface area contributed by atoms with Crippen LogP contribution in [0.2, 0.25) is 0 Å². The van der Waals surface area contributed by atoms with Gasteiger partial charge in [0.05, 0.1) is 0 Å². The Bertz CT molecular complexity index is 583. The molecule has 0 heterocycles. The Kier molecular flexibility index (Phi) is 4.33. The fourth-order valence-corrected chi connectivity index (χ4v) is 2.27. The predicted molar refractivity (Wildman–Crippen MR) is 82.4 cm³/mol. The van der Waals surface area contributed by atoms with Crippen molar-refractivity contribution >= 4 is 0 Å². The van der Waals surface area contributed by atoms with Gasteiger partial charge in [-0.2, -0.15) is 0 Å². The molecule has 0 radical (unpaired) electrons. The van der Waals surface area contributed by atoms with Crippen LogP contribution < -0.4 is 4.74 Å². The van der Waals surface area contributed by atoms with Crippen LogP contribution in [0.15, 0.2) is 36.4 Å². The molecule has 1 N–H and O–H groups in total. The normalized spacial score (nSPS) is 10.8. The summed E-state index contributed by atoms with van der Waals surface area (Å²) in [6, 6.07) is 12.1. The second-order valence-corrected chi connectivity index (χ2v) is 5.60. The molecule has 0 amide bonds. The van der Waals surface area contributed by atoms with Gasteiger partial charge in [-0.25, -0.2) is 0 Å². The first-order valence-electron chi connectivity index (χ1n) is 6.99. The van der Waals surface area contributed by atoms with Gasteiger partial charge in [-0.1, -0.05) is 37.6 Å². The van der Waals surface area contributed by atoms with E-state index in [2.05, 4.69) is 26.0 Å². The van der Waals surface area contributed by atoms with Crippen LogP contribution >= 0.6 is 0 Å². The number of phenols is 1. The van der Waals surface area contributed by atoms with Crippen LogP contribution in [0.3, 0.4) is 0 Å². The van der Waals surface area contributed by atoms with Gasteiger partial charge in [0.2, 0.25) is 0 Å². The third-order valence-corrected chi connectivity index (χ3v) is 3.46. The summed E-state index contributed by atoms with van der Waals surface area (Å²) in [6.45, 7) is 8.65. The molecule has 0 saturated carbocycles. The Morgan fingerprint density at radius 2 is 1.70 bits per heavy atom. The maximum Gasteiger partial charge on any atom is 0.125 e. The first-order valence-corrected chi connectivity index (χ1v) is 6.99. The van der Waals surface area contributed by atoms with Crippen LogP contribution in [0, 0.1) is 13.8 Å². The summed E-state index contributed by atoms with van der Waals surface area (Å²) in [7, 11) is 0. The monoisotopic (exact) mass is 270 g/mol. The molecule has 2 rings (SSSR count). The van der Waals surface area contributed by atoms with E-state index in [1.54, 1.807) is 0 Å². The summed E-state index contributed by atoms with van der Waals surface area (Å²) in [5.74, 6) is 1.68. The van der Waals surface area contributed by atoms with Crippen molar-refractivity contribution in [1.29, 1.82) is 0 Å². The molecule has 0 aliphatic carbocycles. The van der Waals surface area contributed by atoms with Gasteiger partial charge in [0.15, 0.2) is 0 Å². The number of benzene rings is 2. The average Bonchev–Trinajstić information content (AvgIpc) is 2.41. The highest BCUT2D eigenvalue weighted by molar-refractivity contribution is 5.42. The van der Waals surface area contributed by atoms with Crippen LogP contribution in [0.4, 0.5) is 0 Å². The van der Waals surface area contributed by atoms with Gasteiger partial charge in [-0.3, -0.25) is 0 Å². The van der Waals surface area contributed by atoms with Crippen LogP contribution in [0.5, 0.6) is 11.5 Å². The van der Waals surface area contributed by atoms with E-state index >= 15 is 0 Å². The van der Waals surface area contributed by atoms with Gasteiger partial charge in [0, 0.05) is 5.56 Å². The van der Waals surface area contributed by atoms with Crippen molar-refractivity contribution in [2.75, 3.05) is 0 Å². The molecule has 2 heteroatoms. The highest BCUT2D eigenvalue weighted by Gasteiger charge is 2.07. The van der Waals surface area contributed by atoms with Crippen LogP contribution in [0.1, 0.15) is 42.0 Å². The van der Waals surface area contributed by atoms with Crippen molar-refractivity contribution in [2.24, 2.45) is 0 Å². The lowest BCUT2D eigenvalue weighted by molar-refractivity contribution is 0.298.